The number of sulfonamides is 1. The van der Waals surface area contributed by atoms with Crippen molar-refractivity contribution in [3.63, 3.8) is 0 Å². The molecule has 0 aromatic heterocycles. The molecular formula is C27H22F2N2O6S. The van der Waals surface area contributed by atoms with E-state index in [1.807, 2.05) is 29.6 Å². The summed E-state index contributed by atoms with van der Waals surface area (Å²) < 4.78 is 64.6. The van der Waals surface area contributed by atoms with Crippen LogP contribution in [-0.2, 0) is 24.3 Å². The first-order chi connectivity index (χ1) is 18.1. The van der Waals surface area contributed by atoms with Crippen molar-refractivity contribution in [2.45, 2.75) is 4.90 Å². The van der Waals surface area contributed by atoms with E-state index in [9.17, 15) is 26.8 Å². The minimum absolute atomic E-state index is 0.142. The van der Waals surface area contributed by atoms with Crippen molar-refractivity contribution in [3.8, 4) is 5.75 Å². The van der Waals surface area contributed by atoms with Gasteiger partial charge in [-0.1, -0.05) is 36.4 Å². The minimum Gasteiger partial charge on any atom is -0.482 e. The third-order valence-corrected chi connectivity index (χ3v) is 7.31. The summed E-state index contributed by atoms with van der Waals surface area (Å²) in [7, 11) is -2.41. The molecule has 0 saturated heterocycles. The van der Waals surface area contributed by atoms with Crippen molar-refractivity contribution < 1.29 is 36.3 Å². The molecule has 0 bridgehead atoms. The highest BCUT2D eigenvalue weighted by Crippen LogP contribution is 2.26. The van der Waals surface area contributed by atoms with E-state index in [0.29, 0.717) is 5.69 Å². The number of rotatable bonds is 9. The summed E-state index contributed by atoms with van der Waals surface area (Å²) in [4.78, 5) is 23.9. The van der Waals surface area contributed by atoms with Gasteiger partial charge in [-0.05, 0) is 59.3 Å². The van der Waals surface area contributed by atoms with Crippen molar-refractivity contribution in [2.24, 2.45) is 0 Å². The smallest absolute Gasteiger partial charge is 0.344 e. The topological polar surface area (TPSA) is 102 Å². The van der Waals surface area contributed by atoms with E-state index in [2.05, 4.69) is 0 Å². The Morgan fingerprint density at radius 2 is 1.50 bits per heavy atom. The van der Waals surface area contributed by atoms with E-state index >= 15 is 0 Å². The number of benzene rings is 4. The molecule has 1 N–H and O–H groups in total. The number of nitrogens with one attached hydrogen (secondary N) is 1. The van der Waals surface area contributed by atoms with Crippen LogP contribution in [0.3, 0.4) is 0 Å². The van der Waals surface area contributed by atoms with Gasteiger partial charge in [0.15, 0.2) is 13.2 Å². The van der Waals surface area contributed by atoms with Crippen LogP contribution in [-0.4, -0.2) is 40.6 Å². The summed E-state index contributed by atoms with van der Waals surface area (Å²) in [5.74, 6) is -3.50. The van der Waals surface area contributed by atoms with Gasteiger partial charge in [0.25, 0.3) is 15.9 Å². The number of ether oxygens (including phenoxy) is 2. The zero-order valence-corrected chi connectivity index (χ0v) is 20.9. The zero-order chi connectivity index (χ0) is 27.3. The molecule has 0 radical (unpaired) electrons. The van der Waals surface area contributed by atoms with Crippen LogP contribution >= 0.6 is 0 Å². The Labute approximate surface area is 217 Å². The summed E-state index contributed by atoms with van der Waals surface area (Å²) in [5.41, 5.74) is -0.275. The lowest BCUT2D eigenvalue weighted by atomic mass is 10.1. The molecule has 4 rings (SSSR count). The first-order valence-electron chi connectivity index (χ1n) is 11.3. The molecule has 38 heavy (non-hydrogen) atoms. The molecule has 0 fully saturated rings. The Kier molecular flexibility index (Phi) is 7.87. The van der Waals surface area contributed by atoms with Crippen LogP contribution in [0.15, 0.2) is 89.8 Å². The van der Waals surface area contributed by atoms with Crippen molar-refractivity contribution in [1.29, 1.82) is 0 Å². The summed E-state index contributed by atoms with van der Waals surface area (Å²) >= 11 is 0. The molecule has 0 aliphatic rings. The predicted molar refractivity (Wildman–Crippen MR) is 137 cm³/mol. The lowest BCUT2D eigenvalue weighted by molar-refractivity contribution is -0.149. The molecule has 0 aliphatic carbocycles. The molecule has 4 aromatic rings. The summed E-state index contributed by atoms with van der Waals surface area (Å²) in [6.45, 7) is -1.32. The molecule has 0 spiro atoms. The van der Waals surface area contributed by atoms with E-state index in [1.54, 1.807) is 18.2 Å². The van der Waals surface area contributed by atoms with E-state index in [1.165, 1.54) is 31.3 Å². The highest BCUT2D eigenvalue weighted by atomic mass is 32.2. The third-order valence-electron chi connectivity index (χ3n) is 5.53. The van der Waals surface area contributed by atoms with Gasteiger partial charge in [-0.15, -0.1) is 0 Å². The molecule has 0 heterocycles. The quantitative estimate of drug-likeness (QED) is 0.314. The number of amides is 1. The molecule has 0 aliphatic heterocycles. The fraction of sp³-hybridized carbons (Fsp3) is 0.111. The van der Waals surface area contributed by atoms with Crippen molar-refractivity contribution in [3.05, 3.63) is 96.6 Å². The van der Waals surface area contributed by atoms with Gasteiger partial charge in [0.2, 0.25) is 0 Å². The van der Waals surface area contributed by atoms with Gasteiger partial charge >= 0.3 is 5.97 Å². The summed E-state index contributed by atoms with van der Waals surface area (Å²) in [5, 5.41) is 3.72. The minimum atomic E-state index is -3.83. The van der Waals surface area contributed by atoms with Crippen LogP contribution in [0.1, 0.15) is 0 Å². The van der Waals surface area contributed by atoms with Gasteiger partial charge in [0, 0.05) is 7.05 Å². The molecule has 0 unspecified atom stereocenters. The van der Waals surface area contributed by atoms with E-state index in [4.69, 9.17) is 9.47 Å². The molecule has 11 heteroatoms. The van der Waals surface area contributed by atoms with Crippen molar-refractivity contribution in [1.82, 2.24) is 0 Å². The molecule has 1 amide bonds. The van der Waals surface area contributed by atoms with Gasteiger partial charge in [-0.25, -0.2) is 22.0 Å². The Balaban J connectivity index is 1.30. The Bertz CT molecular complexity index is 1570. The van der Waals surface area contributed by atoms with Crippen molar-refractivity contribution in [2.75, 3.05) is 29.9 Å². The second-order valence-electron chi connectivity index (χ2n) is 8.07. The number of fused-ring (bicyclic) bond motifs is 1. The summed E-state index contributed by atoms with van der Waals surface area (Å²) in [6.07, 6.45) is 0. The number of nitrogens with zero attached hydrogens (tertiary/aromatic N) is 1. The summed E-state index contributed by atoms with van der Waals surface area (Å²) in [6, 6.07) is 21.4. The first kappa shape index (κ1) is 26.6. The second-order valence-corrected chi connectivity index (χ2v) is 10.0. The first-order valence-corrected chi connectivity index (χ1v) is 12.7. The number of hydrogen-bond donors (Lipinski definition) is 1. The third kappa shape index (κ3) is 6.06. The number of halogens is 2. The number of hydrogen-bond acceptors (Lipinski definition) is 6. The standard InChI is InChI=1S/C27H22F2N2O6S/c1-31(38(34,35)22-14-9-18-5-2-3-6-19(18)15-22)20-10-12-21(13-11-20)36-17-26(33)37-16-25(32)30-27-23(28)7-4-8-24(27)29/h2-15H,16-17H2,1H3,(H,30,32). The highest BCUT2D eigenvalue weighted by Gasteiger charge is 2.22. The Hall–Kier alpha value is -4.51. The van der Waals surface area contributed by atoms with Gasteiger partial charge in [-0.2, -0.15) is 0 Å². The van der Waals surface area contributed by atoms with Crippen LogP contribution in [0.4, 0.5) is 20.2 Å². The molecular weight excluding hydrogens is 518 g/mol. The van der Waals surface area contributed by atoms with Crippen LogP contribution in [0.2, 0.25) is 0 Å². The van der Waals surface area contributed by atoms with E-state index in [-0.39, 0.29) is 10.6 Å². The lowest BCUT2D eigenvalue weighted by Gasteiger charge is -2.20. The average molecular weight is 541 g/mol. The fourth-order valence-electron chi connectivity index (χ4n) is 3.50. The molecule has 0 atom stereocenters. The maximum atomic E-state index is 13.6. The molecule has 196 valence electrons. The SMILES string of the molecule is CN(c1ccc(OCC(=O)OCC(=O)Nc2c(F)cccc2F)cc1)S(=O)(=O)c1ccc2ccccc2c1. The van der Waals surface area contributed by atoms with Crippen molar-refractivity contribution >= 4 is 44.0 Å². The average Bonchev–Trinajstić information content (AvgIpc) is 2.92. The number of carbonyl (C=O) groups excluding carboxylic acids is 2. The maximum Gasteiger partial charge on any atom is 0.344 e. The number of anilines is 2. The Morgan fingerprint density at radius 3 is 2.18 bits per heavy atom. The Morgan fingerprint density at radius 1 is 0.842 bits per heavy atom. The number of esters is 1. The van der Waals surface area contributed by atoms with E-state index in [0.717, 1.165) is 33.3 Å². The van der Waals surface area contributed by atoms with Crippen LogP contribution in [0.25, 0.3) is 10.8 Å². The molecule has 4 aromatic carbocycles. The van der Waals surface area contributed by atoms with Crippen LogP contribution < -0.4 is 14.4 Å². The van der Waals surface area contributed by atoms with Gasteiger partial charge in [0.1, 0.15) is 23.1 Å². The largest absolute Gasteiger partial charge is 0.482 e. The number of para-hydroxylation sites is 1. The predicted octanol–water partition coefficient (Wildman–Crippen LogP) is 4.50. The number of carbonyl (C=O) groups is 2. The fourth-order valence-corrected chi connectivity index (χ4v) is 4.73. The molecule has 0 saturated carbocycles. The van der Waals surface area contributed by atoms with Gasteiger partial charge in [0.05, 0.1) is 10.6 Å². The highest BCUT2D eigenvalue weighted by molar-refractivity contribution is 7.92. The second kappa shape index (κ2) is 11.3. The van der Waals surface area contributed by atoms with Gasteiger partial charge in [-0.3, -0.25) is 9.10 Å². The molecule has 8 nitrogen and oxygen atoms in total. The monoisotopic (exact) mass is 540 g/mol. The van der Waals surface area contributed by atoms with E-state index < -0.39 is 52.4 Å². The lowest BCUT2D eigenvalue weighted by Crippen LogP contribution is -2.26. The zero-order valence-electron chi connectivity index (χ0n) is 20.1. The van der Waals surface area contributed by atoms with Crippen LogP contribution in [0, 0.1) is 11.6 Å². The van der Waals surface area contributed by atoms with Crippen LogP contribution in [0.5, 0.6) is 5.75 Å². The normalized spacial score (nSPS) is 11.1. The maximum absolute atomic E-state index is 13.6. The van der Waals surface area contributed by atoms with Gasteiger partial charge < -0.3 is 14.8 Å².